The van der Waals surface area contributed by atoms with Crippen LogP contribution in [0.25, 0.3) is 0 Å². The summed E-state index contributed by atoms with van der Waals surface area (Å²) in [4.78, 5) is 0. The molecule has 1 nitrogen and oxygen atoms in total. The first-order valence-corrected chi connectivity index (χ1v) is 9.64. The van der Waals surface area contributed by atoms with E-state index in [1.165, 1.54) is 0 Å². The fourth-order valence-electron chi connectivity index (χ4n) is 0.988. The molecule has 0 atom stereocenters. The molecule has 0 bridgehead atoms. The van der Waals surface area contributed by atoms with Crippen molar-refractivity contribution in [3.8, 4) is 5.75 Å². The molecule has 0 saturated carbocycles. The van der Waals surface area contributed by atoms with Gasteiger partial charge in [0.15, 0.2) is 0 Å². The second kappa shape index (κ2) is 4.86. The lowest BCUT2D eigenvalue weighted by Crippen LogP contribution is -2.43. The molecule has 1 aromatic rings. The van der Waals surface area contributed by atoms with Gasteiger partial charge in [-0.05, 0) is 58.9 Å². The van der Waals surface area contributed by atoms with Crippen LogP contribution in [0.15, 0.2) is 18.2 Å². The molecule has 0 aromatic heterocycles. The van der Waals surface area contributed by atoms with E-state index in [1.54, 1.807) is 0 Å². The Hall–Kier alpha value is 0.257. The number of halogens is 2. The molecule has 4 heteroatoms. The Labute approximate surface area is 118 Å². The molecule has 1 aromatic carbocycles. The van der Waals surface area contributed by atoms with Crippen molar-refractivity contribution < 1.29 is 4.43 Å². The van der Waals surface area contributed by atoms with Gasteiger partial charge in [-0.25, -0.2) is 0 Å². The van der Waals surface area contributed by atoms with E-state index in [9.17, 15) is 0 Å². The lowest BCUT2D eigenvalue weighted by molar-refractivity contribution is 0.492. The molecule has 0 aliphatic rings. The molecule has 1 rings (SSSR count). The van der Waals surface area contributed by atoms with Gasteiger partial charge in [0.25, 0.3) is 0 Å². The van der Waals surface area contributed by atoms with E-state index in [4.69, 9.17) is 16.0 Å². The van der Waals surface area contributed by atoms with Crippen molar-refractivity contribution in [1.82, 2.24) is 0 Å². The van der Waals surface area contributed by atoms with E-state index >= 15 is 0 Å². The summed E-state index contributed by atoms with van der Waals surface area (Å²) in [7, 11) is -1.75. The minimum absolute atomic E-state index is 0.211. The molecular formula is C12H18ClIOSi. The van der Waals surface area contributed by atoms with Gasteiger partial charge < -0.3 is 4.43 Å². The predicted molar refractivity (Wildman–Crippen MR) is 82.0 cm³/mol. The monoisotopic (exact) mass is 368 g/mol. The zero-order chi connectivity index (χ0) is 12.6. The maximum atomic E-state index is 6.15. The Balaban J connectivity index is 2.93. The highest BCUT2D eigenvalue weighted by Crippen LogP contribution is 2.38. The molecule has 0 aliphatic carbocycles. The SMILES string of the molecule is CC(C)(C)[Si](C)(C)Oc1ccc(I)c(Cl)c1. The number of hydrogen-bond donors (Lipinski definition) is 0. The topological polar surface area (TPSA) is 9.23 Å². The first-order valence-electron chi connectivity index (χ1n) is 5.27. The van der Waals surface area contributed by atoms with E-state index in [0.29, 0.717) is 0 Å². The van der Waals surface area contributed by atoms with Gasteiger partial charge in [0, 0.05) is 3.57 Å². The molecule has 0 spiro atoms. The number of benzene rings is 1. The highest BCUT2D eigenvalue weighted by molar-refractivity contribution is 14.1. The minimum Gasteiger partial charge on any atom is -0.543 e. The van der Waals surface area contributed by atoms with Crippen LogP contribution in [0, 0.1) is 3.57 Å². The Morgan fingerprint density at radius 3 is 2.25 bits per heavy atom. The van der Waals surface area contributed by atoms with Crippen molar-refractivity contribution in [3.63, 3.8) is 0 Å². The molecule has 0 unspecified atom stereocenters. The van der Waals surface area contributed by atoms with Crippen LogP contribution < -0.4 is 4.43 Å². The van der Waals surface area contributed by atoms with Crippen LogP contribution >= 0.6 is 34.2 Å². The summed E-state index contributed by atoms with van der Waals surface area (Å²) >= 11 is 8.30. The second-order valence-corrected chi connectivity index (χ2v) is 11.7. The molecular weight excluding hydrogens is 351 g/mol. The van der Waals surface area contributed by atoms with E-state index in [-0.39, 0.29) is 5.04 Å². The summed E-state index contributed by atoms with van der Waals surface area (Å²) in [5.41, 5.74) is 0. The first kappa shape index (κ1) is 14.3. The second-order valence-electron chi connectivity index (χ2n) is 5.44. The lowest BCUT2D eigenvalue weighted by Gasteiger charge is -2.36. The quantitative estimate of drug-likeness (QED) is 0.506. The maximum absolute atomic E-state index is 6.15. The normalized spacial score (nSPS) is 12.7. The Morgan fingerprint density at radius 2 is 1.81 bits per heavy atom. The van der Waals surface area contributed by atoms with Crippen molar-refractivity contribution in [2.45, 2.75) is 38.9 Å². The highest BCUT2D eigenvalue weighted by Gasteiger charge is 2.38. The van der Waals surface area contributed by atoms with Gasteiger partial charge >= 0.3 is 0 Å². The molecule has 0 fully saturated rings. The Bertz CT molecular complexity index is 385. The predicted octanol–water partition coefficient (Wildman–Crippen LogP) is 5.33. The van der Waals surface area contributed by atoms with Crippen LogP contribution in [0.1, 0.15) is 20.8 Å². The van der Waals surface area contributed by atoms with Crippen molar-refractivity contribution in [2.24, 2.45) is 0 Å². The van der Waals surface area contributed by atoms with Gasteiger partial charge in [-0.2, -0.15) is 0 Å². The van der Waals surface area contributed by atoms with Crippen LogP contribution in [-0.4, -0.2) is 8.32 Å². The first-order chi connectivity index (χ1) is 7.13. The summed E-state index contributed by atoms with van der Waals surface area (Å²) in [5.74, 6) is 0.886. The van der Waals surface area contributed by atoms with Crippen molar-refractivity contribution in [2.75, 3.05) is 0 Å². The molecule has 16 heavy (non-hydrogen) atoms. The molecule has 90 valence electrons. The smallest absolute Gasteiger partial charge is 0.250 e. The summed E-state index contributed by atoms with van der Waals surface area (Å²) in [6, 6.07) is 5.89. The largest absolute Gasteiger partial charge is 0.543 e. The third kappa shape index (κ3) is 3.37. The fourth-order valence-corrected chi connectivity index (χ4v) is 2.52. The van der Waals surface area contributed by atoms with E-state index in [0.717, 1.165) is 14.3 Å². The molecule has 0 N–H and O–H groups in total. The Kier molecular flexibility index (Phi) is 4.35. The average Bonchev–Trinajstić information content (AvgIpc) is 2.09. The van der Waals surface area contributed by atoms with Crippen LogP contribution in [0.5, 0.6) is 5.75 Å². The van der Waals surface area contributed by atoms with Gasteiger partial charge in [-0.3, -0.25) is 0 Å². The van der Waals surface area contributed by atoms with E-state index < -0.39 is 8.32 Å². The van der Waals surface area contributed by atoms with Gasteiger partial charge in [-0.1, -0.05) is 32.4 Å². The molecule has 0 radical (unpaired) electrons. The minimum atomic E-state index is -1.75. The highest BCUT2D eigenvalue weighted by atomic mass is 127. The van der Waals surface area contributed by atoms with Gasteiger partial charge in [0.1, 0.15) is 5.75 Å². The average molecular weight is 369 g/mol. The summed E-state index contributed by atoms with van der Waals surface area (Å²) < 4.78 is 7.21. The van der Waals surface area contributed by atoms with Gasteiger partial charge in [0.05, 0.1) is 5.02 Å². The van der Waals surface area contributed by atoms with Crippen LogP contribution in [-0.2, 0) is 0 Å². The zero-order valence-corrected chi connectivity index (χ0v) is 14.3. The van der Waals surface area contributed by atoms with Gasteiger partial charge in [0.2, 0.25) is 8.32 Å². The van der Waals surface area contributed by atoms with Crippen LogP contribution in [0.4, 0.5) is 0 Å². The maximum Gasteiger partial charge on any atom is 0.250 e. The van der Waals surface area contributed by atoms with Crippen molar-refractivity contribution in [1.29, 1.82) is 0 Å². The summed E-state index contributed by atoms with van der Waals surface area (Å²) in [6.45, 7) is 11.2. The van der Waals surface area contributed by atoms with E-state index in [1.807, 2.05) is 18.2 Å². The number of rotatable bonds is 2. The standard InChI is InChI=1S/C12H18ClIOSi/c1-12(2,3)16(4,5)15-9-6-7-11(14)10(13)8-9/h6-8H,1-5H3. The molecule has 0 saturated heterocycles. The third-order valence-electron chi connectivity index (χ3n) is 3.07. The summed E-state index contributed by atoms with van der Waals surface area (Å²) in [5, 5.41) is 0.972. The van der Waals surface area contributed by atoms with E-state index in [2.05, 4.69) is 56.5 Å². The third-order valence-corrected chi connectivity index (χ3v) is 9.00. The molecule has 0 amide bonds. The molecule has 0 heterocycles. The summed E-state index contributed by atoms with van der Waals surface area (Å²) in [6.07, 6.45) is 0. The van der Waals surface area contributed by atoms with Gasteiger partial charge in [-0.15, -0.1) is 0 Å². The molecule has 0 aliphatic heterocycles. The fraction of sp³-hybridized carbons (Fsp3) is 0.500. The number of hydrogen-bond acceptors (Lipinski definition) is 1. The Morgan fingerprint density at radius 1 is 1.25 bits per heavy atom. The van der Waals surface area contributed by atoms with Crippen LogP contribution in [0.2, 0.25) is 23.2 Å². The lowest BCUT2D eigenvalue weighted by atomic mass is 10.2. The van der Waals surface area contributed by atoms with Crippen molar-refractivity contribution >= 4 is 42.5 Å². The van der Waals surface area contributed by atoms with Crippen LogP contribution in [0.3, 0.4) is 0 Å². The van der Waals surface area contributed by atoms with Crippen molar-refractivity contribution in [3.05, 3.63) is 26.8 Å². The zero-order valence-electron chi connectivity index (χ0n) is 10.4.